The molecule has 4 rings (SSSR count). The van der Waals surface area contributed by atoms with E-state index in [-0.39, 0.29) is 21.7 Å². The monoisotopic (exact) mass is 426 g/mol. The van der Waals surface area contributed by atoms with E-state index in [0.717, 1.165) is 54.2 Å². The van der Waals surface area contributed by atoms with Crippen molar-refractivity contribution >= 4 is 21.1 Å². The Morgan fingerprint density at radius 3 is 2.23 bits per heavy atom. The van der Waals surface area contributed by atoms with Crippen LogP contribution in [0.25, 0.3) is 11.0 Å². The molecule has 1 heterocycles. The summed E-state index contributed by atoms with van der Waals surface area (Å²) in [4.78, 5) is 12.5. The van der Waals surface area contributed by atoms with Gasteiger partial charge in [0.2, 0.25) is 0 Å². The molecular formula is C24H26O5S. The second-order valence-electron chi connectivity index (χ2n) is 8.88. The molecule has 1 aliphatic carbocycles. The first kappa shape index (κ1) is 20.7. The molecule has 0 amide bonds. The largest absolute Gasteiger partial charge is 0.422 e. The van der Waals surface area contributed by atoms with Gasteiger partial charge in [-0.05, 0) is 66.5 Å². The Morgan fingerprint density at radius 1 is 0.900 bits per heavy atom. The average Bonchev–Trinajstić information content (AvgIpc) is 2.94. The number of aryl methyl sites for hydroxylation is 1. The summed E-state index contributed by atoms with van der Waals surface area (Å²) < 4.78 is 36.3. The van der Waals surface area contributed by atoms with Gasteiger partial charge in [0.05, 0.1) is 0 Å². The van der Waals surface area contributed by atoms with Crippen LogP contribution >= 0.6 is 0 Å². The van der Waals surface area contributed by atoms with Crippen LogP contribution in [0.4, 0.5) is 0 Å². The maximum absolute atomic E-state index is 12.7. The summed E-state index contributed by atoms with van der Waals surface area (Å²) in [5.41, 5.74) is 2.76. The van der Waals surface area contributed by atoms with E-state index in [1.807, 2.05) is 0 Å². The smallest absolute Gasteiger partial charge is 0.339 e. The van der Waals surface area contributed by atoms with Gasteiger partial charge in [-0.2, -0.15) is 8.42 Å². The first-order chi connectivity index (χ1) is 14.1. The molecule has 0 spiro atoms. The Morgan fingerprint density at radius 2 is 1.57 bits per heavy atom. The van der Waals surface area contributed by atoms with E-state index in [1.54, 1.807) is 36.4 Å². The summed E-state index contributed by atoms with van der Waals surface area (Å²) in [5, 5.41) is 0.853. The fraction of sp³-hybridized carbons (Fsp3) is 0.375. The normalized spacial score (nSPS) is 14.9. The van der Waals surface area contributed by atoms with Crippen molar-refractivity contribution in [1.82, 2.24) is 0 Å². The third-order valence-electron chi connectivity index (χ3n) is 5.66. The van der Waals surface area contributed by atoms with Crippen molar-refractivity contribution in [2.45, 2.75) is 63.2 Å². The van der Waals surface area contributed by atoms with Crippen LogP contribution in [0.2, 0.25) is 0 Å². The van der Waals surface area contributed by atoms with E-state index in [4.69, 9.17) is 8.60 Å². The molecule has 0 fully saturated rings. The minimum atomic E-state index is -4.00. The van der Waals surface area contributed by atoms with Crippen LogP contribution < -0.4 is 9.81 Å². The molecule has 0 radical (unpaired) electrons. The topological polar surface area (TPSA) is 73.6 Å². The van der Waals surface area contributed by atoms with E-state index < -0.39 is 10.1 Å². The molecule has 3 aromatic rings. The van der Waals surface area contributed by atoms with Gasteiger partial charge in [0.1, 0.15) is 16.2 Å². The van der Waals surface area contributed by atoms with E-state index >= 15 is 0 Å². The molecule has 0 aliphatic heterocycles. The zero-order valence-corrected chi connectivity index (χ0v) is 18.3. The van der Waals surface area contributed by atoms with E-state index in [2.05, 4.69) is 20.8 Å². The van der Waals surface area contributed by atoms with Crippen LogP contribution in [-0.2, 0) is 28.4 Å². The number of hydrogen-bond acceptors (Lipinski definition) is 5. The van der Waals surface area contributed by atoms with Gasteiger partial charge >= 0.3 is 15.7 Å². The van der Waals surface area contributed by atoms with Crippen molar-refractivity contribution in [3.63, 3.8) is 0 Å². The summed E-state index contributed by atoms with van der Waals surface area (Å²) in [6, 6.07) is 11.6. The van der Waals surface area contributed by atoms with E-state index in [9.17, 15) is 13.2 Å². The molecule has 0 N–H and O–H groups in total. The Balaban J connectivity index is 1.67. The highest BCUT2D eigenvalue weighted by Crippen LogP contribution is 2.30. The van der Waals surface area contributed by atoms with Crippen molar-refractivity contribution in [3.8, 4) is 5.75 Å². The highest BCUT2D eigenvalue weighted by Gasteiger charge is 2.21. The highest BCUT2D eigenvalue weighted by molar-refractivity contribution is 7.87. The maximum Gasteiger partial charge on any atom is 0.339 e. The van der Waals surface area contributed by atoms with Crippen LogP contribution in [0.15, 0.2) is 56.6 Å². The van der Waals surface area contributed by atoms with Crippen LogP contribution in [0, 0.1) is 0 Å². The van der Waals surface area contributed by atoms with Crippen molar-refractivity contribution in [2.75, 3.05) is 0 Å². The summed E-state index contributed by atoms with van der Waals surface area (Å²) in [7, 11) is -4.00. The van der Waals surface area contributed by atoms with Gasteiger partial charge in [0.15, 0.2) is 0 Å². The number of hydrogen-bond donors (Lipinski definition) is 0. The fourth-order valence-electron chi connectivity index (χ4n) is 3.95. The predicted octanol–water partition coefficient (Wildman–Crippen LogP) is 5.13. The average molecular weight is 427 g/mol. The molecule has 2 aromatic carbocycles. The third-order valence-corrected chi connectivity index (χ3v) is 6.92. The molecule has 0 saturated heterocycles. The minimum absolute atomic E-state index is 0.0724. The molecular weight excluding hydrogens is 400 g/mol. The maximum atomic E-state index is 12.7. The molecule has 0 unspecified atom stereocenters. The van der Waals surface area contributed by atoms with Gasteiger partial charge in [-0.15, -0.1) is 0 Å². The lowest BCUT2D eigenvalue weighted by molar-refractivity contribution is 0.484. The van der Waals surface area contributed by atoms with Gasteiger partial charge in [0, 0.05) is 17.0 Å². The third kappa shape index (κ3) is 4.01. The van der Waals surface area contributed by atoms with Crippen molar-refractivity contribution in [2.24, 2.45) is 0 Å². The van der Waals surface area contributed by atoms with Gasteiger partial charge in [0.25, 0.3) is 0 Å². The summed E-state index contributed by atoms with van der Waals surface area (Å²) in [6.07, 6.45) is 4.66. The number of rotatable bonds is 3. The Kier molecular flexibility index (Phi) is 5.22. The van der Waals surface area contributed by atoms with E-state index in [0.29, 0.717) is 5.58 Å². The molecule has 158 valence electrons. The molecule has 0 bridgehead atoms. The lowest BCUT2D eigenvalue weighted by Gasteiger charge is -2.19. The molecule has 0 saturated carbocycles. The lowest BCUT2D eigenvalue weighted by Crippen LogP contribution is -2.13. The molecule has 0 atom stereocenters. The summed E-state index contributed by atoms with van der Waals surface area (Å²) >= 11 is 0. The molecule has 30 heavy (non-hydrogen) atoms. The lowest BCUT2D eigenvalue weighted by atomic mass is 9.87. The van der Waals surface area contributed by atoms with Crippen LogP contribution in [0.5, 0.6) is 5.75 Å². The quantitative estimate of drug-likeness (QED) is 0.330. The van der Waals surface area contributed by atoms with Gasteiger partial charge in [-0.1, -0.05) is 39.3 Å². The Bertz CT molecular complexity index is 1250. The molecule has 5 nitrogen and oxygen atoms in total. The SMILES string of the molecule is CC(C)(C)c1ccc(S(=O)(=O)Oc2ccc3c4c(c(=O)oc3c2)CCCCC4)cc1. The Hall–Kier alpha value is -2.60. The van der Waals surface area contributed by atoms with Crippen LogP contribution in [0.1, 0.15) is 56.7 Å². The zero-order chi connectivity index (χ0) is 21.5. The van der Waals surface area contributed by atoms with Crippen molar-refractivity contribution in [1.29, 1.82) is 0 Å². The first-order valence-corrected chi connectivity index (χ1v) is 11.7. The summed E-state index contributed by atoms with van der Waals surface area (Å²) in [6.45, 7) is 6.20. The molecule has 6 heteroatoms. The fourth-order valence-corrected chi connectivity index (χ4v) is 4.87. The first-order valence-electron chi connectivity index (χ1n) is 10.3. The summed E-state index contributed by atoms with van der Waals surface area (Å²) in [5.74, 6) is 0.124. The number of fused-ring (bicyclic) bond motifs is 3. The van der Waals surface area contributed by atoms with Crippen LogP contribution in [0.3, 0.4) is 0 Å². The predicted molar refractivity (Wildman–Crippen MR) is 117 cm³/mol. The molecule has 1 aromatic heterocycles. The van der Waals surface area contributed by atoms with Gasteiger partial charge in [-0.25, -0.2) is 4.79 Å². The highest BCUT2D eigenvalue weighted by atomic mass is 32.2. The molecule has 1 aliphatic rings. The second kappa shape index (κ2) is 7.58. The van der Waals surface area contributed by atoms with Crippen molar-refractivity contribution < 1.29 is 17.0 Å². The van der Waals surface area contributed by atoms with Crippen LogP contribution in [-0.4, -0.2) is 8.42 Å². The minimum Gasteiger partial charge on any atom is -0.422 e. The van der Waals surface area contributed by atoms with Gasteiger partial charge < -0.3 is 8.60 Å². The Labute approximate surface area is 176 Å². The van der Waals surface area contributed by atoms with Crippen molar-refractivity contribution in [3.05, 3.63) is 69.6 Å². The number of benzene rings is 2. The zero-order valence-electron chi connectivity index (χ0n) is 17.5. The van der Waals surface area contributed by atoms with E-state index in [1.165, 1.54) is 6.07 Å². The van der Waals surface area contributed by atoms with Gasteiger partial charge in [-0.3, -0.25) is 0 Å². The standard InChI is InChI=1S/C24H26O5S/c1-24(2,3)16-9-12-18(13-10-16)30(26,27)29-17-11-14-20-19-7-5-4-6-8-21(19)23(25)28-22(20)15-17/h9-15H,4-8H2,1-3H3. The second-order valence-corrected chi connectivity index (χ2v) is 10.4.